The van der Waals surface area contributed by atoms with Crippen LogP contribution in [-0.2, 0) is 0 Å². The third kappa shape index (κ3) is 2.34. The van der Waals surface area contributed by atoms with E-state index in [0.29, 0.717) is 0 Å². The lowest BCUT2D eigenvalue weighted by atomic mass is 10.0. The van der Waals surface area contributed by atoms with Crippen LogP contribution < -0.4 is 11.2 Å². The Morgan fingerprint density at radius 2 is 1.59 bits per heavy atom. The summed E-state index contributed by atoms with van der Waals surface area (Å²) in [4.78, 5) is 0. The van der Waals surface area contributed by atoms with E-state index in [2.05, 4.69) is 16.6 Å². The standard InChI is InChI=1S/C17H13N5/c18-10-15(17(19)20)21-22-16-13-7-3-1-5-11(13)9-12-6-2-4-8-14(12)16/h1-9,22H,(H3,19,20)/b21-15+. The fourth-order valence-corrected chi connectivity index (χ4v) is 2.39. The van der Waals surface area contributed by atoms with Crippen LogP contribution in [0.5, 0.6) is 0 Å². The Labute approximate surface area is 127 Å². The van der Waals surface area contributed by atoms with Crippen LogP contribution in [0.2, 0.25) is 0 Å². The second-order valence-corrected chi connectivity index (χ2v) is 4.79. The monoisotopic (exact) mass is 287 g/mol. The number of nitriles is 1. The Kier molecular flexibility index (Phi) is 3.42. The van der Waals surface area contributed by atoms with Gasteiger partial charge in [-0.3, -0.25) is 10.8 Å². The number of amidine groups is 1. The molecule has 106 valence electrons. The first-order valence-electron chi connectivity index (χ1n) is 6.69. The Balaban J connectivity index is 2.25. The van der Waals surface area contributed by atoms with E-state index < -0.39 is 0 Å². The maximum atomic E-state index is 8.96. The highest BCUT2D eigenvalue weighted by atomic mass is 15.3. The Morgan fingerprint density at radius 3 is 2.09 bits per heavy atom. The maximum absolute atomic E-state index is 8.96. The minimum Gasteiger partial charge on any atom is -0.382 e. The molecule has 22 heavy (non-hydrogen) atoms. The van der Waals surface area contributed by atoms with Crippen molar-refractivity contribution in [1.82, 2.24) is 0 Å². The zero-order valence-electron chi connectivity index (χ0n) is 11.7. The number of nitrogens with zero attached hydrogens (tertiary/aromatic N) is 2. The molecule has 0 heterocycles. The summed E-state index contributed by atoms with van der Waals surface area (Å²) in [5.41, 5.74) is 8.89. The fraction of sp³-hybridized carbons (Fsp3) is 0. The summed E-state index contributed by atoms with van der Waals surface area (Å²) in [7, 11) is 0. The number of rotatable bonds is 3. The third-order valence-corrected chi connectivity index (χ3v) is 3.41. The molecule has 0 saturated heterocycles. The largest absolute Gasteiger partial charge is 0.382 e. The molecule has 0 fully saturated rings. The van der Waals surface area contributed by atoms with Crippen molar-refractivity contribution in [2.24, 2.45) is 10.8 Å². The predicted octanol–water partition coefficient (Wildman–Crippen LogP) is 3.22. The molecule has 0 amide bonds. The van der Waals surface area contributed by atoms with Crippen LogP contribution in [0.1, 0.15) is 0 Å². The first-order valence-corrected chi connectivity index (χ1v) is 6.69. The summed E-state index contributed by atoms with van der Waals surface area (Å²) in [6.07, 6.45) is 0. The molecule has 5 heteroatoms. The van der Waals surface area contributed by atoms with Crippen LogP contribution in [0.3, 0.4) is 0 Å². The highest BCUT2D eigenvalue weighted by molar-refractivity contribution is 6.45. The molecule has 0 radical (unpaired) electrons. The van der Waals surface area contributed by atoms with Crippen molar-refractivity contribution in [3.63, 3.8) is 0 Å². The average Bonchev–Trinajstić information content (AvgIpc) is 2.54. The van der Waals surface area contributed by atoms with Crippen LogP contribution >= 0.6 is 0 Å². The Bertz CT molecular complexity index is 896. The van der Waals surface area contributed by atoms with Gasteiger partial charge in [0, 0.05) is 10.8 Å². The number of fused-ring (bicyclic) bond motifs is 2. The number of nitrogens with two attached hydrogens (primary N) is 1. The molecular formula is C17H13N5. The number of nitrogens with one attached hydrogen (secondary N) is 2. The second kappa shape index (κ2) is 5.54. The van der Waals surface area contributed by atoms with E-state index in [-0.39, 0.29) is 11.5 Å². The zero-order chi connectivity index (χ0) is 15.5. The molecule has 5 nitrogen and oxygen atoms in total. The van der Waals surface area contributed by atoms with Crippen molar-refractivity contribution in [1.29, 1.82) is 10.7 Å². The molecular weight excluding hydrogens is 274 g/mol. The summed E-state index contributed by atoms with van der Waals surface area (Å²) in [6.45, 7) is 0. The van der Waals surface area contributed by atoms with Crippen molar-refractivity contribution in [2.75, 3.05) is 5.43 Å². The molecule has 0 bridgehead atoms. The van der Waals surface area contributed by atoms with E-state index in [1.807, 2.05) is 48.5 Å². The summed E-state index contributed by atoms with van der Waals surface area (Å²) in [5.74, 6) is -0.362. The fourth-order valence-electron chi connectivity index (χ4n) is 2.39. The predicted molar refractivity (Wildman–Crippen MR) is 90.0 cm³/mol. The summed E-state index contributed by atoms with van der Waals surface area (Å²) < 4.78 is 0. The number of hydrogen-bond acceptors (Lipinski definition) is 4. The minimum absolute atomic E-state index is 0.142. The van der Waals surface area contributed by atoms with Gasteiger partial charge in [-0.15, -0.1) is 0 Å². The quantitative estimate of drug-likeness (QED) is 0.298. The summed E-state index contributed by atoms with van der Waals surface area (Å²) in [6, 6.07) is 19.8. The highest BCUT2D eigenvalue weighted by Crippen LogP contribution is 2.32. The lowest BCUT2D eigenvalue weighted by Crippen LogP contribution is -2.21. The van der Waals surface area contributed by atoms with Crippen molar-refractivity contribution in [3.8, 4) is 6.07 Å². The van der Waals surface area contributed by atoms with Gasteiger partial charge in [-0.25, -0.2) is 0 Å². The van der Waals surface area contributed by atoms with Crippen molar-refractivity contribution in [2.45, 2.75) is 0 Å². The topological polar surface area (TPSA) is 98.0 Å². The van der Waals surface area contributed by atoms with Crippen molar-refractivity contribution in [3.05, 3.63) is 54.6 Å². The minimum atomic E-state index is -0.362. The van der Waals surface area contributed by atoms with Gasteiger partial charge in [-0.1, -0.05) is 48.5 Å². The van der Waals surface area contributed by atoms with Crippen LogP contribution in [0, 0.1) is 16.7 Å². The smallest absolute Gasteiger partial charge is 0.201 e. The molecule has 3 aromatic rings. The molecule has 0 aliphatic rings. The molecule has 0 aliphatic heterocycles. The molecule has 0 saturated carbocycles. The van der Waals surface area contributed by atoms with Gasteiger partial charge in [0.25, 0.3) is 0 Å². The molecule has 0 aromatic heterocycles. The number of benzene rings is 3. The van der Waals surface area contributed by atoms with Gasteiger partial charge in [0.05, 0.1) is 5.69 Å². The van der Waals surface area contributed by atoms with Crippen molar-refractivity contribution < 1.29 is 0 Å². The lowest BCUT2D eigenvalue weighted by molar-refractivity contribution is 1.35. The van der Waals surface area contributed by atoms with Crippen LogP contribution in [0.4, 0.5) is 5.69 Å². The van der Waals surface area contributed by atoms with E-state index in [1.165, 1.54) is 0 Å². The third-order valence-electron chi connectivity index (χ3n) is 3.41. The van der Waals surface area contributed by atoms with Gasteiger partial charge in [-0.05, 0) is 16.8 Å². The normalized spacial score (nSPS) is 11.3. The molecule has 4 N–H and O–H groups in total. The van der Waals surface area contributed by atoms with Crippen LogP contribution in [-0.4, -0.2) is 11.5 Å². The Hall–Kier alpha value is -3.39. The van der Waals surface area contributed by atoms with Gasteiger partial charge >= 0.3 is 0 Å². The van der Waals surface area contributed by atoms with Crippen LogP contribution in [0.25, 0.3) is 21.5 Å². The second-order valence-electron chi connectivity index (χ2n) is 4.79. The first-order chi connectivity index (χ1) is 10.7. The van der Waals surface area contributed by atoms with E-state index >= 15 is 0 Å². The highest BCUT2D eigenvalue weighted by Gasteiger charge is 2.08. The van der Waals surface area contributed by atoms with E-state index in [0.717, 1.165) is 27.2 Å². The summed E-state index contributed by atoms with van der Waals surface area (Å²) >= 11 is 0. The SMILES string of the molecule is N#C/C(=N\Nc1c2ccccc2cc2ccccc12)C(=N)N. The molecule has 3 rings (SSSR count). The van der Waals surface area contributed by atoms with E-state index in [1.54, 1.807) is 6.07 Å². The van der Waals surface area contributed by atoms with E-state index in [4.69, 9.17) is 16.4 Å². The van der Waals surface area contributed by atoms with Crippen molar-refractivity contribution >= 4 is 38.8 Å². The van der Waals surface area contributed by atoms with E-state index in [9.17, 15) is 0 Å². The lowest BCUT2D eigenvalue weighted by Gasteiger charge is -2.11. The molecule has 0 unspecified atom stereocenters. The summed E-state index contributed by atoms with van der Waals surface area (Å²) in [5, 5.41) is 24.4. The van der Waals surface area contributed by atoms with Gasteiger partial charge < -0.3 is 5.73 Å². The van der Waals surface area contributed by atoms with Gasteiger partial charge in [0.15, 0.2) is 5.84 Å². The number of anilines is 1. The van der Waals surface area contributed by atoms with Crippen LogP contribution in [0.15, 0.2) is 59.7 Å². The number of hydrogen-bond donors (Lipinski definition) is 3. The van der Waals surface area contributed by atoms with Gasteiger partial charge in [-0.2, -0.15) is 10.4 Å². The first kappa shape index (κ1) is 13.6. The average molecular weight is 287 g/mol. The number of hydrazone groups is 1. The zero-order valence-corrected chi connectivity index (χ0v) is 11.7. The molecule has 3 aromatic carbocycles. The molecule has 0 spiro atoms. The Morgan fingerprint density at radius 1 is 1.05 bits per heavy atom. The molecule has 0 atom stereocenters. The van der Waals surface area contributed by atoms with Gasteiger partial charge in [0.2, 0.25) is 5.71 Å². The maximum Gasteiger partial charge on any atom is 0.201 e. The molecule has 0 aliphatic carbocycles. The van der Waals surface area contributed by atoms with Gasteiger partial charge in [0.1, 0.15) is 6.07 Å².